The lowest BCUT2D eigenvalue weighted by Gasteiger charge is -2.32. The zero-order valence-electron chi connectivity index (χ0n) is 11.7. The first-order valence-electron chi connectivity index (χ1n) is 7.33. The molecule has 2 aliphatic rings. The molecule has 0 aromatic carbocycles. The number of amides is 1. The van der Waals surface area contributed by atoms with Gasteiger partial charge in [0.1, 0.15) is 6.04 Å². The van der Waals surface area contributed by atoms with Crippen molar-refractivity contribution in [1.29, 1.82) is 0 Å². The Balaban J connectivity index is 1.68. The van der Waals surface area contributed by atoms with Gasteiger partial charge < -0.3 is 10.4 Å². The molecule has 7 heteroatoms. The maximum absolute atomic E-state index is 12.1. The summed E-state index contributed by atoms with van der Waals surface area (Å²) in [6.45, 7) is 0.137. The monoisotopic (exact) mass is 309 g/mol. The number of carboxylic acids is 1. The number of carbonyl (C=O) groups excluding carboxylic acids is 1. The van der Waals surface area contributed by atoms with E-state index in [4.69, 9.17) is 0 Å². The van der Waals surface area contributed by atoms with Crippen LogP contribution in [0, 0.1) is 5.92 Å². The number of rotatable bonds is 4. The fourth-order valence-corrected chi connectivity index (χ4v) is 4.18. The van der Waals surface area contributed by atoms with Gasteiger partial charge in [-0.25, -0.2) is 4.98 Å². The van der Waals surface area contributed by atoms with E-state index >= 15 is 0 Å². The van der Waals surface area contributed by atoms with Gasteiger partial charge in [0.2, 0.25) is 5.91 Å². The third kappa shape index (κ3) is 3.08. The van der Waals surface area contributed by atoms with E-state index in [9.17, 15) is 14.7 Å². The van der Waals surface area contributed by atoms with Gasteiger partial charge in [0, 0.05) is 17.6 Å². The lowest BCUT2D eigenvalue weighted by Crippen LogP contribution is -2.46. The fraction of sp³-hybridized carbons (Fsp3) is 0.643. The third-order valence-corrected chi connectivity index (χ3v) is 5.20. The highest BCUT2D eigenvalue weighted by molar-refractivity contribution is 7.13. The smallest absolute Gasteiger partial charge is 0.320 e. The second-order valence-electron chi connectivity index (χ2n) is 5.76. The highest BCUT2D eigenvalue weighted by atomic mass is 32.1. The van der Waals surface area contributed by atoms with Crippen LogP contribution < -0.4 is 5.32 Å². The molecule has 1 aliphatic heterocycles. The van der Waals surface area contributed by atoms with Crippen molar-refractivity contribution in [2.75, 3.05) is 11.9 Å². The second kappa shape index (κ2) is 6.11. The molecule has 0 spiro atoms. The van der Waals surface area contributed by atoms with Crippen molar-refractivity contribution in [3.63, 3.8) is 0 Å². The van der Waals surface area contributed by atoms with Crippen LogP contribution >= 0.6 is 11.3 Å². The maximum Gasteiger partial charge on any atom is 0.320 e. The average Bonchev–Trinajstić information content (AvgIpc) is 3.07. The summed E-state index contributed by atoms with van der Waals surface area (Å²) in [5.41, 5.74) is 0. The van der Waals surface area contributed by atoms with Gasteiger partial charge in [-0.3, -0.25) is 14.5 Å². The summed E-state index contributed by atoms with van der Waals surface area (Å²) >= 11 is 1.36. The van der Waals surface area contributed by atoms with Crippen molar-refractivity contribution in [2.24, 2.45) is 5.92 Å². The normalized spacial score (nSPS) is 29.0. The Hall–Kier alpha value is -1.47. The number of fused-ring (bicyclic) bond motifs is 1. The van der Waals surface area contributed by atoms with E-state index in [1.54, 1.807) is 11.6 Å². The molecule has 3 rings (SSSR count). The largest absolute Gasteiger partial charge is 0.480 e. The van der Waals surface area contributed by atoms with Gasteiger partial charge in [-0.15, -0.1) is 11.3 Å². The molecule has 3 atom stereocenters. The average molecular weight is 309 g/mol. The number of thiazole rings is 1. The Morgan fingerprint density at radius 1 is 1.43 bits per heavy atom. The predicted octanol–water partition coefficient (Wildman–Crippen LogP) is 1.80. The minimum atomic E-state index is -0.813. The standard InChI is InChI=1S/C14H19N3O3S/c18-12(16-14-15-5-6-21-14)8-17-10-4-2-1-3-9(10)7-11(17)13(19)20/h5-6,9-11H,1-4,7-8H2,(H,19,20)(H,15,16,18). The number of hydrogen-bond acceptors (Lipinski definition) is 5. The van der Waals surface area contributed by atoms with Gasteiger partial charge in [0.05, 0.1) is 6.54 Å². The van der Waals surface area contributed by atoms with Crippen LogP contribution in [0.5, 0.6) is 0 Å². The van der Waals surface area contributed by atoms with E-state index < -0.39 is 12.0 Å². The molecule has 2 N–H and O–H groups in total. The summed E-state index contributed by atoms with van der Waals surface area (Å²) in [5, 5.41) is 14.5. The highest BCUT2D eigenvalue weighted by Crippen LogP contribution is 2.39. The van der Waals surface area contributed by atoms with Crippen LogP contribution in [0.3, 0.4) is 0 Å². The van der Waals surface area contributed by atoms with Crippen molar-refractivity contribution in [1.82, 2.24) is 9.88 Å². The Morgan fingerprint density at radius 3 is 2.95 bits per heavy atom. The second-order valence-corrected chi connectivity index (χ2v) is 6.65. The number of aromatic nitrogens is 1. The minimum Gasteiger partial charge on any atom is -0.480 e. The topological polar surface area (TPSA) is 82.5 Å². The summed E-state index contributed by atoms with van der Waals surface area (Å²) in [5.74, 6) is -0.568. The molecule has 3 unspecified atom stereocenters. The summed E-state index contributed by atoms with van der Waals surface area (Å²) in [6, 6.07) is -0.290. The Morgan fingerprint density at radius 2 is 2.24 bits per heavy atom. The molecule has 2 fully saturated rings. The lowest BCUT2D eigenvalue weighted by molar-refractivity contribution is -0.143. The molecule has 1 aromatic rings. The molecule has 0 radical (unpaired) electrons. The highest BCUT2D eigenvalue weighted by Gasteiger charge is 2.45. The van der Waals surface area contributed by atoms with E-state index in [0.717, 1.165) is 19.3 Å². The number of nitrogens with one attached hydrogen (secondary N) is 1. The van der Waals surface area contributed by atoms with Gasteiger partial charge in [-0.1, -0.05) is 12.8 Å². The zero-order valence-corrected chi connectivity index (χ0v) is 12.5. The van der Waals surface area contributed by atoms with Crippen molar-refractivity contribution in [3.8, 4) is 0 Å². The number of hydrogen-bond donors (Lipinski definition) is 2. The predicted molar refractivity (Wildman–Crippen MR) is 79.2 cm³/mol. The minimum absolute atomic E-state index is 0.137. The fourth-order valence-electron chi connectivity index (χ4n) is 3.63. The Bertz CT molecular complexity index is 520. The third-order valence-electron chi connectivity index (χ3n) is 4.51. The van der Waals surface area contributed by atoms with Crippen LogP contribution in [-0.4, -0.2) is 45.5 Å². The van der Waals surface area contributed by atoms with Crippen molar-refractivity contribution in [2.45, 2.75) is 44.2 Å². The molecule has 1 saturated carbocycles. The summed E-state index contributed by atoms with van der Waals surface area (Å²) in [7, 11) is 0. The van der Waals surface area contributed by atoms with E-state index in [0.29, 0.717) is 17.5 Å². The molecule has 6 nitrogen and oxygen atoms in total. The van der Waals surface area contributed by atoms with Crippen LogP contribution in [0.1, 0.15) is 32.1 Å². The lowest BCUT2D eigenvalue weighted by atomic mass is 9.85. The molecule has 1 amide bonds. The zero-order chi connectivity index (χ0) is 14.8. The van der Waals surface area contributed by atoms with Crippen LogP contribution in [0.2, 0.25) is 0 Å². The number of nitrogens with zero attached hydrogens (tertiary/aromatic N) is 2. The van der Waals surface area contributed by atoms with Crippen LogP contribution in [0.15, 0.2) is 11.6 Å². The first-order chi connectivity index (χ1) is 10.1. The molecule has 21 heavy (non-hydrogen) atoms. The van der Waals surface area contributed by atoms with E-state index in [1.807, 2.05) is 4.90 Å². The first kappa shape index (κ1) is 14.5. The van der Waals surface area contributed by atoms with Gasteiger partial charge >= 0.3 is 5.97 Å². The molecule has 1 aliphatic carbocycles. The number of likely N-dealkylation sites (tertiary alicyclic amines) is 1. The van der Waals surface area contributed by atoms with Crippen molar-refractivity contribution < 1.29 is 14.7 Å². The molecule has 114 valence electrons. The molecular weight excluding hydrogens is 290 g/mol. The Kier molecular flexibility index (Phi) is 4.21. The summed E-state index contributed by atoms with van der Waals surface area (Å²) in [4.78, 5) is 29.5. The van der Waals surface area contributed by atoms with Crippen molar-refractivity contribution in [3.05, 3.63) is 11.6 Å². The van der Waals surface area contributed by atoms with Crippen LogP contribution in [0.4, 0.5) is 5.13 Å². The van der Waals surface area contributed by atoms with Gasteiger partial charge in [-0.2, -0.15) is 0 Å². The SMILES string of the molecule is O=C(CN1C(C(=O)O)CC2CCCCC21)Nc1nccs1. The molecule has 0 bridgehead atoms. The van der Waals surface area contributed by atoms with Gasteiger partial charge in [-0.05, 0) is 25.2 Å². The number of aliphatic carboxylic acids is 1. The quantitative estimate of drug-likeness (QED) is 0.886. The molecule has 2 heterocycles. The van der Waals surface area contributed by atoms with Gasteiger partial charge in [0.25, 0.3) is 0 Å². The van der Waals surface area contributed by atoms with E-state index in [-0.39, 0.29) is 18.5 Å². The summed E-state index contributed by atoms with van der Waals surface area (Å²) < 4.78 is 0. The number of anilines is 1. The number of carbonyl (C=O) groups is 2. The molecule has 1 saturated heterocycles. The summed E-state index contributed by atoms with van der Waals surface area (Å²) in [6.07, 6.45) is 6.68. The molecule has 1 aromatic heterocycles. The van der Waals surface area contributed by atoms with Crippen LogP contribution in [0.25, 0.3) is 0 Å². The first-order valence-corrected chi connectivity index (χ1v) is 8.21. The van der Waals surface area contributed by atoms with Gasteiger partial charge in [0.15, 0.2) is 5.13 Å². The maximum atomic E-state index is 12.1. The Labute approximate surface area is 127 Å². The van der Waals surface area contributed by atoms with Crippen molar-refractivity contribution >= 4 is 28.3 Å². The van der Waals surface area contributed by atoms with Crippen LogP contribution in [-0.2, 0) is 9.59 Å². The van der Waals surface area contributed by atoms with E-state index in [1.165, 1.54) is 17.8 Å². The number of carboxylic acid groups (broad SMARTS) is 1. The molecular formula is C14H19N3O3S. The van der Waals surface area contributed by atoms with E-state index in [2.05, 4.69) is 10.3 Å².